The van der Waals surface area contributed by atoms with Gasteiger partial charge in [0.05, 0.1) is 11.6 Å². The lowest BCUT2D eigenvalue weighted by Crippen LogP contribution is -2.20. The second kappa shape index (κ2) is 12.8. The summed E-state index contributed by atoms with van der Waals surface area (Å²) in [4.78, 5) is 36.9. The minimum Gasteiger partial charge on any atom is -0.481 e. The van der Waals surface area contributed by atoms with E-state index in [1.54, 1.807) is 36.4 Å². The van der Waals surface area contributed by atoms with Gasteiger partial charge in [0.25, 0.3) is 0 Å². The molecule has 0 spiro atoms. The van der Waals surface area contributed by atoms with Crippen molar-refractivity contribution in [2.45, 2.75) is 26.2 Å². The van der Waals surface area contributed by atoms with Gasteiger partial charge in [0.15, 0.2) is 5.78 Å². The zero-order valence-electron chi connectivity index (χ0n) is 21.8. The lowest BCUT2D eigenvalue weighted by Gasteiger charge is -2.13. The van der Waals surface area contributed by atoms with Crippen LogP contribution >= 0.6 is 0 Å². The Hall–Kier alpha value is -4.85. The predicted molar refractivity (Wildman–Crippen MR) is 150 cm³/mol. The first kappa shape index (κ1) is 28.2. The van der Waals surface area contributed by atoms with E-state index in [4.69, 9.17) is 0 Å². The number of benzene rings is 4. The van der Waals surface area contributed by atoms with Crippen LogP contribution in [0.5, 0.6) is 0 Å². The average molecular weight is 543 g/mol. The van der Waals surface area contributed by atoms with E-state index in [1.807, 2.05) is 43.3 Å². The summed E-state index contributed by atoms with van der Waals surface area (Å²) in [6.07, 6.45) is 0.878. The number of anilines is 2. The summed E-state index contributed by atoms with van der Waals surface area (Å²) in [7, 11) is 0. The molecule has 0 radical (unpaired) electrons. The molecule has 0 heterocycles. The Morgan fingerprint density at radius 2 is 1.57 bits per heavy atom. The van der Waals surface area contributed by atoms with Crippen molar-refractivity contribution in [3.05, 3.63) is 119 Å². The van der Waals surface area contributed by atoms with Gasteiger partial charge in [-0.25, -0.2) is 13.6 Å². The van der Waals surface area contributed by atoms with E-state index in [1.165, 1.54) is 0 Å². The maximum Gasteiger partial charge on any atom is 0.323 e. The van der Waals surface area contributed by atoms with E-state index in [9.17, 15) is 28.3 Å². The lowest BCUT2D eigenvalue weighted by molar-refractivity contribution is -0.141. The molecule has 204 valence electrons. The van der Waals surface area contributed by atoms with E-state index < -0.39 is 29.6 Å². The van der Waals surface area contributed by atoms with Gasteiger partial charge in [0.2, 0.25) is 0 Å². The van der Waals surface area contributed by atoms with Crippen molar-refractivity contribution in [3.63, 3.8) is 0 Å². The fourth-order valence-electron chi connectivity index (χ4n) is 4.42. The van der Waals surface area contributed by atoms with Gasteiger partial charge in [-0.3, -0.25) is 9.59 Å². The third kappa shape index (κ3) is 7.38. The minimum absolute atomic E-state index is 0.0786. The lowest BCUT2D eigenvalue weighted by atomic mass is 9.91. The average Bonchev–Trinajstić information content (AvgIpc) is 2.93. The number of urea groups is 1. The van der Waals surface area contributed by atoms with Crippen LogP contribution in [0.4, 0.5) is 25.0 Å². The molecule has 4 aromatic carbocycles. The van der Waals surface area contributed by atoms with Crippen molar-refractivity contribution in [2.75, 3.05) is 10.6 Å². The molecule has 0 fully saturated rings. The number of hydrogen-bond donors (Lipinski definition) is 3. The van der Waals surface area contributed by atoms with Gasteiger partial charge >= 0.3 is 12.0 Å². The second-order valence-corrected chi connectivity index (χ2v) is 9.50. The van der Waals surface area contributed by atoms with Crippen molar-refractivity contribution >= 4 is 29.2 Å². The second-order valence-electron chi connectivity index (χ2n) is 9.50. The smallest absolute Gasteiger partial charge is 0.323 e. The van der Waals surface area contributed by atoms with Crippen molar-refractivity contribution < 1.29 is 28.3 Å². The number of carbonyl (C=O) groups excluding carboxylic acids is 2. The quantitative estimate of drug-likeness (QED) is 0.181. The molecule has 8 heteroatoms. The van der Waals surface area contributed by atoms with Crippen LogP contribution in [0, 0.1) is 24.5 Å². The van der Waals surface area contributed by atoms with Crippen LogP contribution in [0.3, 0.4) is 0 Å². The Balaban J connectivity index is 1.37. The maximum atomic E-state index is 13.8. The zero-order valence-corrected chi connectivity index (χ0v) is 21.8. The zero-order chi connectivity index (χ0) is 28.6. The van der Waals surface area contributed by atoms with Crippen LogP contribution in [-0.2, 0) is 11.2 Å². The summed E-state index contributed by atoms with van der Waals surface area (Å²) < 4.78 is 26.9. The topological polar surface area (TPSA) is 95.5 Å². The van der Waals surface area contributed by atoms with Gasteiger partial charge in [0, 0.05) is 23.7 Å². The highest BCUT2D eigenvalue weighted by Gasteiger charge is 2.22. The number of aliphatic carboxylic acids is 1. The van der Waals surface area contributed by atoms with Crippen LogP contribution in [-0.4, -0.2) is 22.9 Å². The van der Waals surface area contributed by atoms with Gasteiger partial charge in [-0.05, 0) is 66.3 Å². The molecule has 3 N–H and O–H groups in total. The summed E-state index contributed by atoms with van der Waals surface area (Å²) >= 11 is 0. The summed E-state index contributed by atoms with van der Waals surface area (Å²) in [6, 6.07) is 24.0. The number of carboxylic acid groups (broad SMARTS) is 1. The first-order valence-corrected chi connectivity index (χ1v) is 12.7. The van der Waals surface area contributed by atoms with E-state index in [2.05, 4.69) is 10.6 Å². The molecule has 0 aromatic heterocycles. The number of Topliss-reactive ketones (excluding diaryl/α,β-unsaturated/α-hetero) is 1. The first-order chi connectivity index (χ1) is 19.2. The molecule has 0 aliphatic rings. The number of carbonyl (C=O) groups is 3. The Bertz CT molecular complexity index is 1520. The summed E-state index contributed by atoms with van der Waals surface area (Å²) in [5.74, 6) is -3.61. The maximum absolute atomic E-state index is 13.8. The van der Waals surface area contributed by atoms with E-state index >= 15 is 0 Å². The molecular formula is C32H28F2N2O4. The van der Waals surface area contributed by atoms with E-state index in [-0.39, 0.29) is 17.9 Å². The fraction of sp³-hybridized carbons (Fsp3) is 0.156. The molecule has 40 heavy (non-hydrogen) atoms. The Morgan fingerprint density at radius 1 is 0.850 bits per heavy atom. The fourth-order valence-corrected chi connectivity index (χ4v) is 4.42. The van der Waals surface area contributed by atoms with Crippen LogP contribution in [0.25, 0.3) is 11.1 Å². The van der Waals surface area contributed by atoms with Crippen molar-refractivity contribution in [1.29, 1.82) is 0 Å². The Labute approximate surface area is 230 Å². The summed E-state index contributed by atoms with van der Waals surface area (Å²) in [5.41, 5.74) is 4.37. The van der Waals surface area contributed by atoms with Gasteiger partial charge in [-0.2, -0.15) is 0 Å². The number of halogens is 2. The predicted octanol–water partition coefficient (Wildman–Crippen LogP) is 7.49. The molecule has 0 aliphatic carbocycles. The van der Waals surface area contributed by atoms with Crippen LogP contribution in [0.2, 0.25) is 0 Å². The molecular weight excluding hydrogens is 514 g/mol. The Kier molecular flexibility index (Phi) is 9.01. The number of aryl methyl sites for hydroxylation is 2. The molecule has 0 saturated heterocycles. The van der Waals surface area contributed by atoms with Gasteiger partial charge in [-0.1, -0.05) is 60.7 Å². The number of nitrogens with one attached hydrogen (secondary N) is 2. The number of amides is 2. The highest BCUT2D eigenvalue weighted by Crippen LogP contribution is 2.27. The van der Waals surface area contributed by atoms with Gasteiger partial charge in [-0.15, -0.1) is 0 Å². The first-order valence-electron chi connectivity index (χ1n) is 12.7. The SMILES string of the molecule is Cc1cc(NC(=O)Nc2ccc(F)cc2F)ccc1-c1ccc(C(=O)CC(CCc2ccccc2)C(=O)O)cc1. The normalized spacial score (nSPS) is 11.5. The van der Waals surface area contributed by atoms with Crippen LogP contribution in [0.1, 0.15) is 34.3 Å². The highest BCUT2D eigenvalue weighted by atomic mass is 19.1. The Morgan fingerprint density at radius 3 is 2.23 bits per heavy atom. The number of carboxylic acids is 1. The molecule has 0 aliphatic heterocycles. The van der Waals surface area contributed by atoms with Crippen molar-refractivity contribution in [1.82, 2.24) is 0 Å². The summed E-state index contributed by atoms with van der Waals surface area (Å²) in [6.45, 7) is 1.86. The van der Waals surface area contributed by atoms with Crippen LogP contribution in [0.15, 0.2) is 91.0 Å². The van der Waals surface area contributed by atoms with Crippen LogP contribution < -0.4 is 10.6 Å². The number of ketones is 1. The van der Waals surface area contributed by atoms with Crippen molar-refractivity contribution in [3.8, 4) is 11.1 Å². The van der Waals surface area contributed by atoms with Crippen molar-refractivity contribution in [2.24, 2.45) is 5.92 Å². The highest BCUT2D eigenvalue weighted by molar-refractivity contribution is 6.00. The monoisotopic (exact) mass is 542 g/mol. The third-order valence-corrected chi connectivity index (χ3v) is 6.59. The molecule has 1 atom stereocenters. The molecule has 4 aromatic rings. The third-order valence-electron chi connectivity index (χ3n) is 6.59. The number of hydrogen-bond acceptors (Lipinski definition) is 3. The summed E-state index contributed by atoms with van der Waals surface area (Å²) in [5, 5.41) is 14.6. The molecule has 0 bridgehead atoms. The van der Waals surface area contributed by atoms with Gasteiger partial charge < -0.3 is 15.7 Å². The van der Waals surface area contributed by atoms with E-state index in [0.717, 1.165) is 34.4 Å². The largest absolute Gasteiger partial charge is 0.481 e. The minimum atomic E-state index is -0.985. The van der Waals surface area contributed by atoms with E-state index in [0.29, 0.717) is 30.2 Å². The molecule has 0 saturated carbocycles. The standard InChI is InChI=1S/C32H28F2N2O4/c1-20-17-26(35-32(40)36-29-16-13-25(33)19-28(29)34)14-15-27(20)22-9-11-23(12-10-22)30(37)18-24(31(38)39)8-7-21-5-3-2-4-6-21/h2-6,9-17,19,24H,7-8,18H2,1H3,(H,38,39)(H2,35,36,40). The molecule has 4 rings (SSSR count). The van der Waals surface area contributed by atoms with Gasteiger partial charge in [0.1, 0.15) is 11.6 Å². The molecule has 1 unspecified atom stereocenters. The molecule has 6 nitrogen and oxygen atoms in total. The molecule has 2 amide bonds. The number of rotatable bonds is 10.